The lowest BCUT2D eigenvalue weighted by molar-refractivity contribution is 0.310. The third-order valence-electron chi connectivity index (χ3n) is 2.40. The molecule has 1 aromatic rings. The zero-order valence-electron chi connectivity index (χ0n) is 10.9. The van der Waals surface area contributed by atoms with Crippen molar-refractivity contribution in [1.82, 2.24) is 10.2 Å². The van der Waals surface area contributed by atoms with Crippen molar-refractivity contribution >= 4 is 15.9 Å². The van der Waals surface area contributed by atoms with Gasteiger partial charge in [-0.25, -0.2) is 4.39 Å². The summed E-state index contributed by atoms with van der Waals surface area (Å²) in [6.45, 7) is 3.44. The Morgan fingerprint density at radius 3 is 2.78 bits per heavy atom. The Morgan fingerprint density at radius 2 is 2.11 bits per heavy atom. The van der Waals surface area contributed by atoms with Crippen molar-refractivity contribution in [2.45, 2.75) is 6.42 Å². The Morgan fingerprint density at radius 1 is 1.33 bits per heavy atom. The first kappa shape index (κ1) is 15.4. The van der Waals surface area contributed by atoms with Crippen molar-refractivity contribution in [2.75, 3.05) is 40.3 Å². The smallest absolute Gasteiger partial charge is 0.137 e. The van der Waals surface area contributed by atoms with E-state index < -0.39 is 0 Å². The number of halogens is 2. The normalized spacial score (nSPS) is 10.9. The lowest BCUT2D eigenvalue weighted by atomic mass is 10.3. The molecule has 0 saturated heterocycles. The average molecular weight is 319 g/mol. The van der Waals surface area contributed by atoms with Crippen molar-refractivity contribution in [3.8, 4) is 5.75 Å². The molecule has 0 fully saturated rings. The summed E-state index contributed by atoms with van der Waals surface area (Å²) < 4.78 is 18.9. The number of rotatable bonds is 8. The van der Waals surface area contributed by atoms with Crippen LogP contribution < -0.4 is 10.1 Å². The molecule has 0 heterocycles. The molecule has 0 saturated carbocycles. The van der Waals surface area contributed by atoms with Crippen LogP contribution in [0.15, 0.2) is 22.7 Å². The van der Waals surface area contributed by atoms with Gasteiger partial charge in [0.25, 0.3) is 0 Å². The zero-order chi connectivity index (χ0) is 13.4. The van der Waals surface area contributed by atoms with Gasteiger partial charge in [0.05, 0.1) is 4.47 Å². The van der Waals surface area contributed by atoms with E-state index in [1.165, 1.54) is 6.07 Å². The fourth-order valence-corrected chi connectivity index (χ4v) is 1.81. The monoisotopic (exact) mass is 318 g/mol. The van der Waals surface area contributed by atoms with Crippen LogP contribution in [0, 0.1) is 5.82 Å². The molecule has 0 aromatic heterocycles. The van der Waals surface area contributed by atoms with Gasteiger partial charge in [0.1, 0.15) is 18.2 Å². The number of benzene rings is 1. The largest absolute Gasteiger partial charge is 0.492 e. The van der Waals surface area contributed by atoms with Crippen molar-refractivity contribution in [2.24, 2.45) is 0 Å². The van der Waals surface area contributed by atoms with Gasteiger partial charge in [0, 0.05) is 6.54 Å². The highest BCUT2D eigenvalue weighted by Gasteiger charge is 2.00. The molecule has 18 heavy (non-hydrogen) atoms. The van der Waals surface area contributed by atoms with E-state index in [4.69, 9.17) is 4.74 Å². The van der Waals surface area contributed by atoms with E-state index in [9.17, 15) is 4.39 Å². The van der Waals surface area contributed by atoms with Gasteiger partial charge in [-0.1, -0.05) is 0 Å². The Labute approximate surface area is 116 Å². The molecule has 102 valence electrons. The maximum atomic E-state index is 13.0. The lowest BCUT2D eigenvalue weighted by Gasteiger charge is -2.10. The van der Waals surface area contributed by atoms with Crippen molar-refractivity contribution in [1.29, 1.82) is 0 Å². The first-order chi connectivity index (χ1) is 8.59. The Hall–Kier alpha value is -0.650. The maximum Gasteiger partial charge on any atom is 0.137 e. The molecular formula is C13H20BrFN2O. The Kier molecular flexibility index (Phi) is 7.23. The molecule has 5 heteroatoms. The summed E-state index contributed by atoms with van der Waals surface area (Å²) in [7, 11) is 4.13. The van der Waals surface area contributed by atoms with Crippen LogP contribution in [0.3, 0.4) is 0 Å². The molecule has 1 aromatic carbocycles. The third kappa shape index (κ3) is 6.33. The average Bonchev–Trinajstić information content (AvgIpc) is 2.32. The minimum atomic E-state index is -0.274. The van der Waals surface area contributed by atoms with Gasteiger partial charge < -0.3 is 15.0 Å². The SMILES string of the molecule is CN(C)CCCNCCOc1ccc(F)c(Br)c1. The summed E-state index contributed by atoms with van der Waals surface area (Å²) in [6, 6.07) is 4.66. The van der Waals surface area contributed by atoms with E-state index in [1.54, 1.807) is 12.1 Å². The first-order valence-electron chi connectivity index (χ1n) is 6.03. The van der Waals surface area contributed by atoms with Crippen molar-refractivity contribution in [3.05, 3.63) is 28.5 Å². The number of nitrogens with zero attached hydrogens (tertiary/aromatic N) is 1. The highest BCUT2D eigenvalue weighted by molar-refractivity contribution is 9.10. The fraction of sp³-hybridized carbons (Fsp3) is 0.538. The van der Waals surface area contributed by atoms with Crippen molar-refractivity contribution < 1.29 is 9.13 Å². The predicted octanol–water partition coefficient (Wildman–Crippen LogP) is 2.51. The molecular weight excluding hydrogens is 299 g/mol. The summed E-state index contributed by atoms with van der Waals surface area (Å²) in [5.74, 6) is 0.405. The standard InChI is InChI=1S/C13H20BrFN2O/c1-17(2)8-3-6-16-7-9-18-11-4-5-13(15)12(14)10-11/h4-5,10,16H,3,6-9H2,1-2H3. The molecule has 0 aliphatic carbocycles. The summed E-state index contributed by atoms with van der Waals surface area (Å²) >= 11 is 3.13. The predicted molar refractivity (Wildman–Crippen MR) is 75.6 cm³/mol. The Bertz CT molecular complexity index is 361. The van der Waals surface area contributed by atoms with Gasteiger partial charge in [-0.15, -0.1) is 0 Å². The molecule has 0 amide bonds. The number of nitrogens with one attached hydrogen (secondary N) is 1. The highest BCUT2D eigenvalue weighted by atomic mass is 79.9. The van der Waals surface area contributed by atoms with E-state index in [0.717, 1.165) is 26.1 Å². The number of ether oxygens (including phenoxy) is 1. The van der Waals surface area contributed by atoms with E-state index in [1.807, 2.05) is 0 Å². The number of hydrogen-bond donors (Lipinski definition) is 1. The molecule has 0 aliphatic rings. The molecule has 0 aliphatic heterocycles. The minimum absolute atomic E-state index is 0.274. The van der Waals surface area contributed by atoms with Crippen LogP contribution in [0.1, 0.15) is 6.42 Å². The van der Waals surface area contributed by atoms with Gasteiger partial charge >= 0.3 is 0 Å². The summed E-state index contributed by atoms with van der Waals surface area (Å²) in [6.07, 6.45) is 1.12. The lowest BCUT2D eigenvalue weighted by Crippen LogP contribution is -2.25. The molecule has 3 nitrogen and oxygen atoms in total. The zero-order valence-corrected chi connectivity index (χ0v) is 12.5. The van der Waals surface area contributed by atoms with Crippen LogP contribution in [0.4, 0.5) is 4.39 Å². The van der Waals surface area contributed by atoms with Crippen LogP contribution in [0.2, 0.25) is 0 Å². The van der Waals surface area contributed by atoms with Gasteiger partial charge in [0.15, 0.2) is 0 Å². The third-order valence-corrected chi connectivity index (χ3v) is 3.01. The topological polar surface area (TPSA) is 24.5 Å². The molecule has 0 bridgehead atoms. The van der Waals surface area contributed by atoms with Crippen LogP contribution in [0.25, 0.3) is 0 Å². The van der Waals surface area contributed by atoms with E-state index >= 15 is 0 Å². The van der Waals surface area contributed by atoms with E-state index in [-0.39, 0.29) is 5.82 Å². The maximum absolute atomic E-state index is 13.0. The van der Waals surface area contributed by atoms with Crippen LogP contribution in [-0.4, -0.2) is 45.2 Å². The molecule has 0 spiro atoms. The van der Waals surface area contributed by atoms with Crippen LogP contribution >= 0.6 is 15.9 Å². The van der Waals surface area contributed by atoms with E-state index in [2.05, 4.69) is 40.2 Å². The highest BCUT2D eigenvalue weighted by Crippen LogP contribution is 2.21. The minimum Gasteiger partial charge on any atom is -0.492 e. The molecule has 0 atom stereocenters. The Balaban J connectivity index is 2.09. The summed E-state index contributed by atoms with van der Waals surface area (Å²) in [5.41, 5.74) is 0. The molecule has 1 rings (SSSR count). The van der Waals surface area contributed by atoms with Crippen LogP contribution in [0.5, 0.6) is 5.75 Å². The van der Waals surface area contributed by atoms with E-state index in [0.29, 0.717) is 16.8 Å². The van der Waals surface area contributed by atoms with Gasteiger partial charge in [-0.05, 0) is 67.7 Å². The first-order valence-corrected chi connectivity index (χ1v) is 6.82. The van der Waals surface area contributed by atoms with Gasteiger partial charge in [0.2, 0.25) is 0 Å². The second-order valence-corrected chi connectivity index (χ2v) is 5.19. The van der Waals surface area contributed by atoms with Crippen LogP contribution in [-0.2, 0) is 0 Å². The molecule has 1 N–H and O–H groups in total. The van der Waals surface area contributed by atoms with Gasteiger partial charge in [-0.2, -0.15) is 0 Å². The second kappa shape index (κ2) is 8.45. The molecule has 0 unspecified atom stereocenters. The second-order valence-electron chi connectivity index (χ2n) is 4.33. The quantitative estimate of drug-likeness (QED) is 0.745. The summed E-state index contributed by atoms with van der Waals surface area (Å²) in [4.78, 5) is 2.16. The fourth-order valence-electron chi connectivity index (χ4n) is 1.45. The van der Waals surface area contributed by atoms with Gasteiger partial charge in [-0.3, -0.25) is 0 Å². The number of hydrogen-bond acceptors (Lipinski definition) is 3. The molecule has 0 radical (unpaired) electrons. The van der Waals surface area contributed by atoms with Crippen molar-refractivity contribution in [3.63, 3.8) is 0 Å². The summed E-state index contributed by atoms with van der Waals surface area (Å²) in [5, 5.41) is 3.30.